The first-order valence-corrected chi connectivity index (χ1v) is 8.86. The van der Waals surface area contributed by atoms with Gasteiger partial charge in [0, 0.05) is 17.7 Å². The van der Waals surface area contributed by atoms with Gasteiger partial charge in [-0.1, -0.05) is 38.2 Å². The molecule has 0 radical (unpaired) electrons. The highest BCUT2D eigenvalue weighted by Gasteiger charge is 2.25. The Hall–Kier alpha value is -1.62. The molecule has 0 saturated heterocycles. The maximum atomic E-state index is 12.0. The first-order valence-electron chi connectivity index (χ1n) is 8.86. The summed E-state index contributed by atoms with van der Waals surface area (Å²) in [5.41, 5.74) is 1.02. The summed E-state index contributed by atoms with van der Waals surface area (Å²) in [6.45, 7) is 0. The lowest BCUT2D eigenvalue weighted by molar-refractivity contribution is 0.0890. The Morgan fingerprint density at radius 2 is 1.83 bits per heavy atom. The van der Waals surface area contributed by atoms with E-state index in [1.54, 1.807) is 6.07 Å². The summed E-state index contributed by atoms with van der Waals surface area (Å²) in [4.78, 5) is 16.5. The molecule has 1 aromatic heterocycles. The predicted octanol–water partition coefficient (Wildman–Crippen LogP) is 3.52. The Balaban J connectivity index is 1.57. The lowest BCUT2D eigenvalue weighted by Crippen LogP contribution is -2.46. The van der Waals surface area contributed by atoms with Crippen molar-refractivity contribution >= 4 is 6.09 Å². The van der Waals surface area contributed by atoms with Crippen LogP contribution < -0.4 is 10.1 Å². The number of nitrogens with zero attached hydrogens (tertiary/aromatic N) is 1. The van der Waals surface area contributed by atoms with Crippen molar-refractivity contribution in [2.45, 2.75) is 75.9 Å². The number of aliphatic hydroxyl groups is 1. The van der Waals surface area contributed by atoms with Gasteiger partial charge in [0.05, 0.1) is 12.1 Å². The predicted molar refractivity (Wildman–Crippen MR) is 87.5 cm³/mol. The fourth-order valence-corrected chi connectivity index (χ4v) is 3.67. The van der Waals surface area contributed by atoms with E-state index in [-0.39, 0.29) is 6.04 Å². The van der Waals surface area contributed by atoms with Gasteiger partial charge in [0.2, 0.25) is 5.88 Å². The largest absolute Gasteiger partial charge is 0.414 e. The molecule has 1 heterocycles. The van der Waals surface area contributed by atoms with Gasteiger partial charge in [-0.05, 0) is 31.7 Å². The molecule has 3 rings (SSSR count). The number of amides is 1. The molecule has 2 fully saturated rings. The second-order valence-electron chi connectivity index (χ2n) is 6.73. The van der Waals surface area contributed by atoms with Crippen LogP contribution >= 0.6 is 0 Å². The second-order valence-corrected chi connectivity index (χ2v) is 6.73. The molecule has 5 nitrogen and oxygen atoms in total. The Kier molecular flexibility index (Phi) is 5.49. The normalized spacial score (nSPS) is 25.8. The molecule has 0 aromatic carbocycles. The van der Waals surface area contributed by atoms with Crippen molar-refractivity contribution in [2.24, 2.45) is 0 Å². The van der Waals surface area contributed by atoms with Crippen molar-refractivity contribution in [3.63, 3.8) is 0 Å². The number of carbonyl (C=O) groups is 1. The van der Waals surface area contributed by atoms with E-state index in [0.717, 1.165) is 44.2 Å². The molecule has 2 atom stereocenters. The van der Waals surface area contributed by atoms with Crippen LogP contribution in [-0.4, -0.2) is 28.3 Å². The van der Waals surface area contributed by atoms with E-state index >= 15 is 0 Å². The molecule has 2 saturated carbocycles. The zero-order valence-electron chi connectivity index (χ0n) is 13.5. The Bertz CT molecular complexity index is 529. The molecular formula is C18H26N2O3. The number of aromatic nitrogens is 1. The molecule has 1 amide bonds. The fraction of sp³-hybridized carbons (Fsp3) is 0.667. The summed E-state index contributed by atoms with van der Waals surface area (Å²) in [5.74, 6) is 0.825. The average molecular weight is 318 g/mol. The van der Waals surface area contributed by atoms with Crippen molar-refractivity contribution in [1.82, 2.24) is 10.3 Å². The van der Waals surface area contributed by atoms with Crippen molar-refractivity contribution < 1.29 is 14.6 Å². The van der Waals surface area contributed by atoms with E-state index < -0.39 is 12.2 Å². The van der Waals surface area contributed by atoms with Gasteiger partial charge in [-0.25, -0.2) is 9.78 Å². The van der Waals surface area contributed by atoms with Crippen LogP contribution in [0.25, 0.3) is 0 Å². The number of rotatable bonds is 3. The smallest absolute Gasteiger partial charge is 0.391 e. The van der Waals surface area contributed by atoms with E-state index in [1.807, 2.05) is 12.1 Å². The summed E-state index contributed by atoms with van der Waals surface area (Å²) in [6.07, 6.45) is 8.70. The Morgan fingerprint density at radius 3 is 2.61 bits per heavy atom. The summed E-state index contributed by atoms with van der Waals surface area (Å²) in [6, 6.07) is 5.42. The van der Waals surface area contributed by atoms with Crippen LogP contribution in [0, 0.1) is 0 Å². The van der Waals surface area contributed by atoms with Crippen LogP contribution in [0.2, 0.25) is 0 Å². The third-order valence-electron chi connectivity index (χ3n) is 5.00. The van der Waals surface area contributed by atoms with Crippen LogP contribution in [0.3, 0.4) is 0 Å². The summed E-state index contributed by atoms with van der Waals surface area (Å²) in [7, 11) is 0. The second kappa shape index (κ2) is 7.77. The SMILES string of the molecule is O=C(NC1CCCCC1O)Oc1cccc(C2CCCCC2)n1. The molecule has 1 aromatic rings. The molecule has 0 aliphatic heterocycles. The van der Waals surface area contributed by atoms with Gasteiger partial charge in [0.15, 0.2) is 0 Å². The van der Waals surface area contributed by atoms with E-state index in [1.165, 1.54) is 19.3 Å². The number of carbonyl (C=O) groups excluding carboxylic acids is 1. The average Bonchev–Trinajstić information content (AvgIpc) is 2.58. The topological polar surface area (TPSA) is 71.5 Å². The van der Waals surface area contributed by atoms with Crippen molar-refractivity contribution in [3.8, 4) is 5.88 Å². The van der Waals surface area contributed by atoms with Crippen LogP contribution in [0.4, 0.5) is 4.79 Å². The van der Waals surface area contributed by atoms with Gasteiger partial charge in [-0.2, -0.15) is 0 Å². The van der Waals surface area contributed by atoms with Crippen LogP contribution in [0.1, 0.15) is 69.4 Å². The molecule has 0 bridgehead atoms. The van der Waals surface area contributed by atoms with Gasteiger partial charge in [-0.15, -0.1) is 0 Å². The molecule has 126 valence electrons. The molecule has 2 aliphatic rings. The van der Waals surface area contributed by atoms with E-state index in [0.29, 0.717) is 11.8 Å². The molecular weight excluding hydrogens is 292 g/mol. The van der Waals surface area contributed by atoms with E-state index in [4.69, 9.17) is 4.74 Å². The van der Waals surface area contributed by atoms with Gasteiger partial charge in [-0.3, -0.25) is 0 Å². The van der Waals surface area contributed by atoms with Crippen molar-refractivity contribution in [2.75, 3.05) is 0 Å². The zero-order chi connectivity index (χ0) is 16.1. The van der Waals surface area contributed by atoms with Gasteiger partial charge in [0.25, 0.3) is 0 Å². The third kappa shape index (κ3) is 4.44. The van der Waals surface area contributed by atoms with Crippen LogP contribution in [-0.2, 0) is 0 Å². The van der Waals surface area contributed by atoms with E-state index in [9.17, 15) is 9.90 Å². The van der Waals surface area contributed by atoms with Crippen LogP contribution in [0.15, 0.2) is 18.2 Å². The summed E-state index contributed by atoms with van der Waals surface area (Å²) in [5, 5.41) is 12.7. The highest BCUT2D eigenvalue weighted by Crippen LogP contribution is 2.32. The van der Waals surface area contributed by atoms with Gasteiger partial charge < -0.3 is 15.2 Å². The quantitative estimate of drug-likeness (QED) is 0.894. The number of nitrogens with one attached hydrogen (secondary N) is 1. The number of hydrogen-bond acceptors (Lipinski definition) is 4. The highest BCUT2D eigenvalue weighted by atomic mass is 16.6. The maximum absolute atomic E-state index is 12.0. The maximum Gasteiger partial charge on any atom is 0.414 e. The molecule has 2 N–H and O–H groups in total. The van der Waals surface area contributed by atoms with Gasteiger partial charge >= 0.3 is 6.09 Å². The van der Waals surface area contributed by atoms with Gasteiger partial charge in [0.1, 0.15) is 0 Å². The highest BCUT2D eigenvalue weighted by molar-refractivity contribution is 5.70. The Morgan fingerprint density at radius 1 is 1.09 bits per heavy atom. The molecule has 2 aliphatic carbocycles. The fourth-order valence-electron chi connectivity index (χ4n) is 3.67. The Labute approximate surface area is 137 Å². The molecule has 5 heteroatoms. The lowest BCUT2D eigenvalue weighted by Gasteiger charge is -2.27. The van der Waals surface area contributed by atoms with Crippen molar-refractivity contribution in [1.29, 1.82) is 0 Å². The number of aliphatic hydroxyl groups excluding tert-OH is 1. The number of pyridine rings is 1. The standard InChI is InChI=1S/C18H26N2O3/c21-16-11-5-4-9-15(16)20-18(22)23-17-12-6-10-14(19-17)13-7-2-1-3-8-13/h6,10,12-13,15-16,21H,1-5,7-9,11H2,(H,20,22). The first-order chi connectivity index (χ1) is 11.2. The minimum atomic E-state index is -0.524. The van der Waals surface area contributed by atoms with Crippen molar-refractivity contribution in [3.05, 3.63) is 23.9 Å². The zero-order valence-corrected chi connectivity index (χ0v) is 13.5. The van der Waals surface area contributed by atoms with Crippen LogP contribution in [0.5, 0.6) is 5.88 Å². The minimum Gasteiger partial charge on any atom is -0.391 e. The lowest BCUT2D eigenvalue weighted by atomic mass is 9.87. The van der Waals surface area contributed by atoms with E-state index in [2.05, 4.69) is 10.3 Å². The third-order valence-corrected chi connectivity index (χ3v) is 5.00. The summed E-state index contributed by atoms with van der Waals surface area (Å²) < 4.78 is 5.32. The monoisotopic (exact) mass is 318 g/mol. The molecule has 0 spiro atoms. The number of ether oxygens (including phenoxy) is 1. The molecule has 2 unspecified atom stereocenters. The number of hydrogen-bond donors (Lipinski definition) is 2. The molecule has 23 heavy (non-hydrogen) atoms. The minimum absolute atomic E-state index is 0.210. The summed E-state index contributed by atoms with van der Waals surface area (Å²) >= 11 is 0. The first kappa shape index (κ1) is 16.2.